The van der Waals surface area contributed by atoms with E-state index in [4.69, 9.17) is 22.1 Å². The molecular formula is C42H50ClF2N3O7. The van der Waals surface area contributed by atoms with Gasteiger partial charge >= 0.3 is 5.97 Å². The van der Waals surface area contributed by atoms with Gasteiger partial charge in [0.05, 0.1) is 34.3 Å². The average molecular weight is 782 g/mol. The number of halogens is 3. The number of Topliss-reactive ketones (excluding diaryl/α,β-unsaturated/α-hetero) is 1. The van der Waals surface area contributed by atoms with Crippen molar-refractivity contribution in [3.05, 3.63) is 62.7 Å². The molecule has 4 saturated carbocycles. The summed E-state index contributed by atoms with van der Waals surface area (Å²) in [6, 6.07) is 0.926. The predicted octanol–water partition coefficient (Wildman–Crippen LogP) is 5.91. The van der Waals surface area contributed by atoms with Crippen LogP contribution in [0.1, 0.15) is 101 Å². The van der Waals surface area contributed by atoms with Crippen molar-refractivity contribution in [1.29, 1.82) is 0 Å². The minimum atomic E-state index is -2.11. The maximum atomic E-state index is 17.5. The summed E-state index contributed by atoms with van der Waals surface area (Å²) in [4.78, 5) is 55.4. The standard InChI is InChI=1S/C42H50ClF2N3O7/c1-22-16-30-29-10-7-23-17-26(49)11-13-39(23,2)41(29,45)33(51)19-40(30,3)42(22,54)32(50)12-15-55-38(53)28-21-48(25-8-9-25)35-27(37(28)52)18-31(44)36(34(35)43)47-14-5-4-6-24(46)20-47/h11,13,17-18,21-22,24-25,29-30,33,51,54H,4-10,12,14-16,19-20,46H2,1-3H3/t22-,24-,29?,30?,33+,39+,40+,41+,42+/m1/s1. The third-order valence-electron chi connectivity index (χ3n) is 14.6. The zero-order valence-corrected chi connectivity index (χ0v) is 32.3. The molecule has 1 aromatic heterocycles. The maximum absolute atomic E-state index is 17.5. The Morgan fingerprint density at radius 3 is 2.60 bits per heavy atom. The summed E-state index contributed by atoms with van der Waals surface area (Å²) in [6.45, 7) is 5.75. The largest absolute Gasteiger partial charge is 0.461 e. The van der Waals surface area contributed by atoms with E-state index < -0.39 is 75.6 Å². The number of aliphatic hydroxyl groups is 2. The fraction of sp³-hybridized carbons (Fsp3) is 0.619. The Morgan fingerprint density at radius 2 is 1.87 bits per heavy atom. The van der Waals surface area contributed by atoms with Crippen LogP contribution in [0.15, 0.2) is 40.9 Å². The number of allylic oxidation sites excluding steroid dienone is 4. The molecule has 1 aromatic carbocycles. The SMILES string of the molecule is C[C@@H]1CC2C3CCC4=CC(=O)C=C[C@]4(C)[C@@]3(F)[C@@H](O)C[C@]2(C)[C@@]1(O)C(=O)CCOC(=O)c1cn(C2CC2)c2c(Cl)c(N3CCCC[C@@H](N)C3)c(F)cc2c1=O. The molecule has 2 heterocycles. The quantitative estimate of drug-likeness (QED) is 0.291. The second-order valence-electron chi connectivity index (χ2n) is 17.6. The molecular weight excluding hydrogens is 732 g/mol. The van der Waals surface area contributed by atoms with E-state index in [9.17, 15) is 29.4 Å². The second-order valence-corrected chi connectivity index (χ2v) is 18.0. The molecule has 1 saturated heterocycles. The van der Waals surface area contributed by atoms with Crippen molar-refractivity contribution in [2.24, 2.45) is 34.3 Å². The number of nitrogens with two attached hydrogens (primary N) is 1. The van der Waals surface area contributed by atoms with Crippen LogP contribution in [0.2, 0.25) is 5.02 Å². The van der Waals surface area contributed by atoms with Gasteiger partial charge in [-0.25, -0.2) is 13.6 Å². The number of alkyl halides is 1. The number of esters is 1. The average Bonchev–Trinajstić information content (AvgIpc) is 3.97. The van der Waals surface area contributed by atoms with Gasteiger partial charge in [-0.3, -0.25) is 14.4 Å². The third kappa shape index (κ3) is 5.55. The summed E-state index contributed by atoms with van der Waals surface area (Å²) in [5, 5.41) is 24.0. The van der Waals surface area contributed by atoms with Gasteiger partial charge in [0.1, 0.15) is 17.0 Å². The van der Waals surface area contributed by atoms with Crippen molar-refractivity contribution in [2.45, 2.75) is 114 Å². The Hall–Kier alpha value is -3.45. The van der Waals surface area contributed by atoms with Crippen LogP contribution in [0.5, 0.6) is 0 Å². The summed E-state index contributed by atoms with van der Waals surface area (Å²) in [5.74, 6) is -4.19. The maximum Gasteiger partial charge on any atom is 0.343 e. The zero-order valence-electron chi connectivity index (χ0n) is 31.6. The molecule has 9 atom stereocenters. The Kier molecular flexibility index (Phi) is 9.30. The van der Waals surface area contributed by atoms with Crippen LogP contribution in [0.25, 0.3) is 10.9 Å². The van der Waals surface area contributed by atoms with Crippen molar-refractivity contribution >= 4 is 45.7 Å². The normalized spacial score (nSPS) is 37.2. The lowest BCUT2D eigenvalue weighted by molar-refractivity contribution is -0.219. The fourth-order valence-electron chi connectivity index (χ4n) is 11.5. The molecule has 2 unspecified atom stereocenters. The van der Waals surface area contributed by atoms with Crippen LogP contribution in [0, 0.1) is 34.4 Å². The molecule has 5 aliphatic carbocycles. The van der Waals surface area contributed by atoms with Gasteiger partial charge in [0, 0.05) is 54.5 Å². The van der Waals surface area contributed by atoms with Gasteiger partial charge in [-0.1, -0.05) is 43.5 Å². The summed E-state index contributed by atoms with van der Waals surface area (Å²) in [6.07, 6.45) is 8.99. The lowest BCUT2D eigenvalue weighted by Gasteiger charge is -2.62. The van der Waals surface area contributed by atoms with Crippen molar-refractivity contribution in [3.8, 4) is 0 Å². The number of aromatic nitrogens is 1. The van der Waals surface area contributed by atoms with E-state index in [1.165, 1.54) is 18.3 Å². The van der Waals surface area contributed by atoms with E-state index >= 15 is 8.78 Å². The monoisotopic (exact) mass is 781 g/mol. The summed E-state index contributed by atoms with van der Waals surface area (Å²) >= 11 is 6.91. The number of carbonyl (C=O) groups is 3. The van der Waals surface area contributed by atoms with Crippen molar-refractivity contribution in [3.63, 3.8) is 0 Å². The smallest absolute Gasteiger partial charge is 0.343 e. The van der Waals surface area contributed by atoms with Crippen molar-refractivity contribution in [1.82, 2.24) is 4.57 Å². The van der Waals surface area contributed by atoms with E-state index in [2.05, 4.69) is 0 Å². The first kappa shape index (κ1) is 38.4. The predicted molar refractivity (Wildman–Crippen MR) is 203 cm³/mol. The molecule has 296 valence electrons. The van der Waals surface area contributed by atoms with Crippen LogP contribution in [-0.2, 0) is 14.3 Å². The number of ether oxygens (including phenoxy) is 1. The van der Waals surface area contributed by atoms with Crippen molar-refractivity contribution < 1.29 is 38.1 Å². The number of pyridine rings is 1. The molecule has 0 radical (unpaired) electrons. The molecule has 6 aliphatic rings. The minimum absolute atomic E-state index is 0.0508. The lowest BCUT2D eigenvalue weighted by Crippen LogP contribution is -2.69. The van der Waals surface area contributed by atoms with Gasteiger partial charge in [0.15, 0.2) is 17.2 Å². The van der Waals surface area contributed by atoms with Gasteiger partial charge in [-0.15, -0.1) is 0 Å². The van der Waals surface area contributed by atoms with Gasteiger partial charge in [0.25, 0.3) is 0 Å². The van der Waals surface area contributed by atoms with Gasteiger partial charge in [-0.05, 0) is 88.3 Å². The molecule has 2 aromatic rings. The molecule has 8 rings (SSSR count). The van der Waals surface area contributed by atoms with E-state index in [1.807, 2.05) is 4.90 Å². The van der Waals surface area contributed by atoms with Crippen LogP contribution in [-0.4, -0.2) is 75.4 Å². The Bertz CT molecular complexity index is 2120. The first-order valence-electron chi connectivity index (χ1n) is 19.8. The number of rotatable bonds is 7. The van der Waals surface area contributed by atoms with E-state index in [0.29, 0.717) is 43.4 Å². The molecule has 0 bridgehead atoms. The molecule has 0 amide bonds. The Balaban J connectivity index is 1.02. The van der Waals surface area contributed by atoms with E-state index in [0.717, 1.165) is 38.2 Å². The first-order chi connectivity index (χ1) is 26.0. The Morgan fingerprint density at radius 1 is 1.13 bits per heavy atom. The number of nitrogens with zero attached hydrogens (tertiary/aromatic N) is 2. The topological polar surface area (TPSA) is 152 Å². The van der Waals surface area contributed by atoms with E-state index in [-0.39, 0.29) is 52.4 Å². The highest BCUT2D eigenvalue weighted by Gasteiger charge is 2.75. The number of benzene rings is 1. The number of hydrogen-bond acceptors (Lipinski definition) is 9. The first-order valence-corrected chi connectivity index (χ1v) is 20.2. The second kappa shape index (κ2) is 13.3. The fourth-order valence-corrected chi connectivity index (χ4v) is 11.9. The molecule has 10 nitrogen and oxygen atoms in total. The molecule has 1 aliphatic heterocycles. The number of ketones is 2. The highest BCUT2D eigenvalue weighted by molar-refractivity contribution is 6.38. The minimum Gasteiger partial charge on any atom is -0.461 e. The lowest BCUT2D eigenvalue weighted by atomic mass is 9.44. The Labute approximate surface area is 323 Å². The molecule has 13 heteroatoms. The number of fused-ring (bicyclic) bond motifs is 6. The van der Waals surface area contributed by atoms with Crippen LogP contribution < -0.4 is 16.1 Å². The highest BCUT2D eigenvalue weighted by atomic mass is 35.5. The number of anilines is 1. The van der Waals surface area contributed by atoms with Gasteiger partial charge in [-0.2, -0.15) is 0 Å². The van der Waals surface area contributed by atoms with Crippen LogP contribution in [0.3, 0.4) is 0 Å². The van der Waals surface area contributed by atoms with Gasteiger partial charge in [0.2, 0.25) is 5.43 Å². The van der Waals surface area contributed by atoms with Crippen molar-refractivity contribution in [2.75, 3.05) is 24.6 Å². The summed E-state index contributed by atoms with van der Waals surface area (Å²) < 4.78 is 40.7. The molecule has 5 fully saturated rings. The van der Waals surface area contributed by atoms with Crippen LogP contribution >= 0.6 is 11.6 Å². The third-order valence-corrected chi connectivity index (χ3v) is 14.9. The highest BCUT2D eigenvalue weighted by Crippen LogP contribution is 2.70. The summed E-state index contributed by atoms with van der Waals surface area (Å²) in [7, 11) is 0. The number of carbonyl (C=O) groups excluding carboxylic acids is 3. The van der Waals surface area contributed by atoms with Crippen LogP contribution in [0.4, 0.5) is 14.5 Å². The number of aliphatic hydroxyl groups excluding tert-OH is 1. The van der Waals surface area contributed by atoms with E-state index in [1.54, 1.807) is 31.4 Å². The van der Waals surface area contributed by atoms with Gasteiger partial charge < -0.3 is 30.2 Å². The summed E-state index contributed by atoms with van der Waals surface area (Å²) in [5.41, 5.74) is -0.0738. The zero-order chi connectivity index (χ0) is 39.4. The molecule has 0 spiro atoms. The molecule has 55 heavy (non-hydrogen) atoms. The molecule has 4 N–H and O–H groups in total. The number of hydrogen-bond donors (Lipinski definition) is 3.